The molecule has 3 aromatic carbocycles. The Morgan fingerprint density at radius 1 is 1.13 bits per heavy atom. The molecule has 38 heavy (non-hydrogen) atoms. The molecule has 194 valence electrons. The fraction of sp³-hybridized carbons (Fsp3) is 0.207. The average Bonchev–Trinajstić information content (AvgIpc) is 3.41. The number of carbonyl (C=O) groups excluding carboxylic acids is 2. The molecule has 1 unspecified atom stereocenters. The van der Waals surface area contributed by atoms with Crippen LogP contribution in [-0.4, -0.2) is 28.4 Å². The summed E-state index contributed by atoms with van der Waals surface area (Å²) in [6, 6.07) is 16.6. The summed E-state index contributed by atoms with van der Waals surface area (Å²) < 4.78 is 20.3. The third-order valence-corrected chi connectivity index (χ3v) is 7.51. The average molecular weight is 551 g/mol. The van der Waals surface area contributed by atoms with Gasteiger partial charge in [-0.15, -0.1) is 0 Å². The van der Waals surface area contributed by atoms with Crippen LogP contribution in [0.15, 0.2) is 72.3 Å². The van der Waals surface area contributed by atoms with Gasteiger partial charge < -0.3 is 9.84 Å². The lowest BCUT2D eigenvalue weighted by atomic mass is 9.95. The lowest BCUT2D eigenvalue weighted by molar-refractivity contribution is -0.132. The number of benzene rings is 3. The van der Waals surface area contributed by atoms with E-state index in [1.165, 1.54) is 23.1 Å². The molecule has 0 radical (unpaired) electrons. The van der Waals surface area contributed by atoms with Gasteiger partial charge in [0.25, 0.3) is 5.78 Å². The van der Waals surface area contributed by atoms with E-state index in [1.807, 2.05) is 0 Å². The van der Waals surface area contributed by atoms with Crippen molar-refractivity contribution in [2.45, 2.75) is 26.3 Å². The topological polar surface area (TPSA) is 79.7 Å². The van der Waals surface area contributed by atoms with E-state index in [2.05, 4.69) is 18.8 Å². The van der Waals surface area contributed by atoms with E-state index >= 15 is 0 Å². The number of halogens is 2. The minimum atomic E-state index is -0.982. The first kappa shape index (κ1) is 25.9. The van der Waals surface area contributed by atoms with Crippen LogP contribution in [0.4, 0.5) is 9.52 Å². The summed E-state index contributed by atoms with van der Waals surface area (Å²) in [4.78, 5) is 32.6. The van der Waals surface area contributed by atoms with Crippen molar-refractivity contribution in [2.75, 3.05) is 11.5 Å². The predicted octanol–water partition coefficient (Wildman–Crippen LogP) is 7.14. The number of aliphatic hydroxyl groups is 1. The molecular weight excluding hydrogens is 527 g/mol. The number of Topliss-reactive ketones (excluding diaryl/α,β-unsaturated/α-hetero) is 1. The van der Waals surface area contributed by atoms with Crippen molar-refractivity contribution in [3.05, 3.63) is 94.3 Å². The summed E-state index contributed by atoms with van der Waals surface area (Å²) in [5.74, 6) is -1.40. The molecular formula is C29H24ClFN2O4S. The highest BCUT2D eigenvalue weighted by Crippen LogP contribution is 2.45. The maximum atomic E-state index is 13.9. The Kier molecular flexibility index (Phi) is 7.19. The summed E-state index contributed by atoms with van der Waals surface area (Å²) in [6.45, 7) is 4.72. The first-order chi connectivity index (χ1) is 18.2. The molecule has 2 heterocycles. The van der Waals surface area contributed by atoms with Crippen molar-refractivity contribution in [2.24, 2.45) is 5.92 Å². The van der Waals surface area contributed by atoms with E-state index in [-0.39, 0.29) is 16.5 Å². The zero-order valence-electron chi connectivity index (χ0n) is 20.7. The number of ether oxygens (including phenoxy) is 1. The maximum Gasteiger partial charge on any atom is 0.301 e. The van der Waals surface area contributed by atoms with Crippen molar-refractivity contribution in [1.82, 2.24) is 4.98 Å². The predicted molar refractivity (Wildman–Crippen MR) is 147 cm³/mol. The van der Waals surface area contributed by atoms with E-state index in [4.69, 9.17) is 16.3 Å². The summed E-state index contributed by atoms with van der Waals surface area (Å²) in [6.07, 6.45) is 0.863. The van der Waals surface area contributed by atoms with E-state index < -0.39 is 23.5 Å². The van der Waals surface area contributed by atoms with E-state index in [0.29, 0.717) is 44.6 Å². The highest BCUT2D eigenvalue weighted by atomic mass is 35.5. The third kappa shape index (κ3) is 5.01. The van der Waals surface area contributed by atoms with Gasteiger partial charge in [0.1, 0.15) is 17.3 Å². The molecule has 4 aromatic rings. The highest BCUT2D eigenvalue weighted by Gasteiger charge is 2.48. The Hall–Kier alpha value is -3.75. The molecule has 1 atom stereocenters. The molecule has 0 bridgehead atoms. The number of hydrogen-bond donors (Lipinski definition) is 1. The first-order valence-corrected chi connectivity index (χ1v) is 13.3. The molecule has 1 amide bonds. The minimum Gasteiger partial charge on any atom is -0.507 e. The van der Waals surface area contributed by atoms with Gasteiger partial charge in [-0.2, -0.15) is 0 Å². The van der Waals surface area contributed by atoms with Crippen LogP contribution >= 0.6 is 22.9 Å². The van der Waals surface area contributed by atoms with Crippen molar-refractivity contribution in [1.29, 1.82) is 0 Å². The molecule has 0 spiro atoms. The second kappa shape index (κ2) is 10.6. The Morgan fingerprint density at radius 2 is 1.89 bits per heavy atom. The van der Waals surface area contributed by atoms with Crippen LogP contribution in [0, 0.1) is 11.7 Å². The fourth-order valence-corrected chi connectivity index (χ4v) is 5.43. The van der Waals surface area contributed by atoms with Gasteiger partial charge in [0, 0.05) is 10.6 Å². The van der Waals surface area contributed by atoms with Crippen LogP contribution in [0.2, 0.25) is 5.02 Å². The van der Waals surface area contributed by atoms with Gasteiger partial charge >= 0.3 is 5.91 Å². The number of carbonyl (C=O) groups is 2. The van der Waals surface area contributed by atoms with Crippen LogP contribution in [-0.2, 0) is 9.59 Å². The van der Waals surface area contributed by atoms with Gasteiger partial charge in [-0.25, -0.2) is 9.37 Å². The van der Waals surface area contributed by atoms with Crippen LogP contribution in [0.5, 0.6) is 5.75 Å². The van der Waals surface area contributed by atoms with Crippen molar-refractivity contribution in [3.63, 3.8) is 0 Å². The number of amides is 1. The number of fused-ring (bicyclic) bond motifs is 1. The van der Waals surface area contributed by atoms with E-state index in [1.54, 1.807) is 48.5 Å². The molecule has 1 fully saturated rings. The number of ketones is 1. The molecule has 1 aliphatic rings. The SMILES string of the molecule is CC(C)CCOc1cccc(C2C(=C(O)c3ccc(Cl)cc3)C(=O)C(=O)N2c2nc3ccc(F)cc3s2)c1. The number of aromatic nitrogens is 1. The van der Waals surface area contributed by atoms with Gasteiger partial charge in [-0.05, 0) is 72.5 Å². The molecule has 6 nitrogen and oxygen atoms in total. The summed E-state index contributed by atoms with van der Waals surface area (Å²) >= 11 is 7.10. The largest absolute Gasteiger partial charge is 0.507 e. The summed E-state index contributed by atoms with van der Waals surface area (Å²) in [7, 11) is 0. The molecule has 9 heteroatoms. The zero-order chi connectivity index (χ0) is 27.0. The molecule has 0 aliphatic carbocycles. The lowest BCUT2D eigenvalue weighted by Crippen LogP contribution is -2.29. The number of thiazole rings is 1. The van der Waals surface area contributed by atoms with Gasteiger partial charge in [0.05, 0.1) is 28.4 Å². The number of hydrogen-bond acceptors (Lipinski definition) is 6. The van der Waals surface area contributed by atoms with E-state index in [9.17, 15) is 19.1 Å². The second-order valence-electron chi connectivity index (χ2n) is 9.39. The molecule has 5 rings (SSSR count). The summed E-state index contributed by atoms with van der Waals surface area (Å²) in [5.41, 5.74) is 1.32. The fourth-order valence-electron chi connectivity index (χ4n) is 4.28. The smallest absolute Gasteiger partial charge is 0.301 e. The molecule has 1 aromatic heterocycles. The number of rotatable bonds is 7. The standard InChI is InChI=1S/C29H24ClFN2O4S/c1-16(2)12-13-37-21-5-3-4-18(14-21)25-24(26(34)17-6-8-19(30)9-7-17)27(35)28(36)33(25)29-32-22-11-10-20(31)15-23(22)38-29/h3-11,14-16,25,34H,12-13H2,1-2H3. The monoisotopic (exact) mass is 550 g/mol. The molecule has 1 aliphatic heterocycles. The van der Waals surface area contributed by atoms with E-state index in [0.717, 1.165) is 17.8 Å². The maximum absolute atomic E-state index is 13.9. The third-order valence-electron chi connectivity index (χ3n) is 6.25. The van der Waals surface area contributed by atoms with Crippen molar-refractivity contribution in [3.8, 4) is 5.75 Å². The summed E-state index contributed by atoms with van der Waals surface area (Å²) in [5, 5.41) is 12.0. The van der Waals surface area contributed by atoms with Gasteiger partial charge in [-0.1, -0.05) is 48.9 Å². The highest BCUT2D eigenvalue weighted by molar-refractivity contribution is 7.22. The Morgan fingerprint density at radius 3 is 2.63 bits per heavy atom. The molecule has 1 N–H and O–H groups in total. The first-order valence-electron chi connectivity index (χ1n) is 12.1. The number of anilines is 1. The molecule has 0 saturated carbocycles. The van der Waals surface area contributed by atoms with Crippen LogP contribution in [0.1, 0.15) is 37.4 Å². The van der Waals surface area contributed by atoms with Gasteiger partial charge in [0.2, 0.25) is 0 Å². The van der Waals surface area contributed by atoms with Crippen LogP contribution in [0.3, 0.4) is 0 Å². The Bertz CT molecular complexity index is 1560. The van der Waals surface area contributed by atoms with Crippen LogP contribution < -0.4 is 9.64 Å². The normalized spacial score (nSPS) is 17.1. The quantitative estimate of drug-likeness (QED) is 0.150. The zero-order valence-corrected chi connectivity index (χ0v) is 22.2. The minimum absolute atomic E-state index is 0.0814. The Labute approximate surface area is 228 Å². The lowest BCUT2D eigenvalue weighted by Gasteiger charge is -2.23. The Balaban J connectivity index is 1.65. The van der Waals surface area contributed by atoms with Crippen molar-refractivity contribution < 1.29 is 23.8 Å². The van der Waals surface area contributed by atoms with Crippen molar-refractivity contribution >= 4 is 55.7 Å². The number of aliphatic hydroxyl groups excluding tert-OH is 1. The van der Waals surface area contributed by atoms with Gasteiger partial charge in [0.15, 0.2) is 5.13 Å². The van der Waals surface area contributed by atoms with Gasteiger partial charge in [-0.3, -0.25) is 14.5 Å². The van der Waals surface area contributed by atoms with Crippen LogP contribution in [0.25, 0.3) is 16.0 Å². The second-order valence-corrected chi connectivity index (χ2v) is 10.8. The molecule has 1 saturated heterocycles. The number of nitrogens with zero attached hydrogens (tertiary/aromatic N) is 2.